The van der Waals surface area contributed by atoms with Crippen molar-refractivity contribution in [3.05, 3.63) is 0 Å². The molecule has 1 N–H and O–H groups in total. The Morgan fingerprint density at radius 2 is 1.71 bits per heavy atom. The topological polar surface area (TPSA) is 52.7 Å². The average molecular weight is 390 g/mol. The van der Waals surface area contributed by atoms with E-state index >= 15 is 0 Å². The van der Waals surface area contributed by atoms with Crippen molar-refractivity contribution < 1.29 is 9.59 Å². The average Bonchev–Trinajstić information content (AvgIpc) is 2.75. The van der Waals surface area contributed by atoms with E-state index in [9.17, 15) is 9.59 Å². The molecule has 5 heteroatoms. The van der Waals surface area contributed by atoms with Gasteiger partial charge in [0.05, 0.1) is 0 Å². The van der Waals surface area contributed by atoms with Crippen LogP contribution in [-0.4, -0.2) is 60.4 Å². The molecule has 0 aromatic rings. The molecule has 5 nitrogen and oxygen atoms in total. The fourth-order valence-corrected chi connectivity index (χ4v) is 6.80. The number of hydrogen-bond donors (Lipinski definition) is 1. The van der Waals surface area contributed by atoms with Gasteiger partial charge in [-0.1, -0.05) is 19.3 Å². The Morgan fingerprint density at radius 1 is 0.964 bits per heavy atom. The van der Waals surface area contributed by atoms with Crippen LogP contribution in [0.25, 0.3) is 0 Å². The summed E-state index contributed by atoms with van der Waals surface area (Å²) in [4.78, 5) is 30.4. The maximum absolute atomic E-state index is 13.6. The van der Waals surface area contributed by atoms with Gasteiger partial charge < -0.3 is 10.2 Å². The summed E-state index contributed by atoms with van der Waals surface area (Å²) in [6.07, 6.45) is 13.5. The number of carbonyl (C=O) groups excluding carboxylic acids is 2. The van der Waals surface area contributed by atoms with Crippen molar-refractivity contribution in [2.24, 2.45) is 17.8 Å². The van der Waals surface area contributed by atoms with Gasteiger partial charge in [-0.2, -0.15) is 0 Å². The number of amides is 2. The molecule has 4 atom stereocenters. The summed E-state index contributed by atoms with van der Waals surface area (Å²) in [5.74, 6) is 2.12. The number of carbonyl (C=O) groups is 2. The molecule has 0 aromatic carbocycles. The smallest absolute Gasteiger partial charge is 0.225 e. The van der Waals surface area contributed by atoms with Crippen LogP contribution in [-0.2, 0) is 9.59 Å². The van der Waals surface area contributed by atoms with Gasteiger partial charge >= 0.3 is 0 Å². The van der Waals surface area contributed by atoms with E-state index in [2.05, 4.69) is 15.1 Å². The molecule has 0 bridgehead atoms. The summed E-state index contributed by atoms with van der Waals surface area (Å²) in [6.45, 7) is 3.47. The zero-order chi connectivity index (χ0) is 19.5. The number of hydrogen-bond acceptors (Lipinski definition) is 3. The molecule has 3 heterocycles. The highest BCUT2D eigenvalue weighted by atomic mass is 16.2. The monoisotopic (exact) mass is 389 g/mol. The molecule has 4 rings (SSSR count). The van der Waals surface area contributed by atoms with Gasteiger partial charge in [0.25, 0.3) is 0 Å². The van der Waals surface area contributed by atoms with Gasteiger partial charge in [0.2, 0.25) is 11.8 Å². The lowest BCUT2D eigenvalue weighted by molar-refractivity contribution is -0.151. The van der Waals surface area contributed by atoms with Gasteiger partial charge in [0.15, 0.2) is 0 Å². The van der Waals surface area contributed by atoms with Crippen LogP contribution in [0.5, 0.6) is 0 Å². The number of rotatable bonds is 5. The molecule has 3 aliphatic heterocycles. The van der Waals surface area contributed by atoms with Crippen LogP contribution in [0.3, 0.4) is 0 Å². The zero-order valence-electron chi connectivity index (χ0n) is 17.7. The van der Waals surface area contributed by atoms with Gasteiger partial charge in [-0.05, 0) is 76.3 Å². The van der Waals surface area contributed by atoms with E-state index in [1.807, 2.05) is 0 Å². The molecule has 4 fully saturated rings. The Morgan fingerprint density at radius 3 is 2.46 bits per heavy atom. The van der Waals surface area contributed by atoms with Crippen molar-refractivity contribution in [1.29, 1.82) is 0 Å². The molecule has 3 saturated heterocycles. The van der Waals surface area contributed by atoms with E-state index in [1.54, 1.807) is 7.05 Å². The first-order valence-corrected chi connectivity index (χ1v) is 11.9. The third-order valence-electron chi connectivity index (χ3n) is 8.09. The number of likely N-dealkylation sites (tertiary alicyclic amines) is 1. The first kappa shape index (κ1) is 20.2. The minimum absolute atomic E-state index is 0.127. The van der Waals surface area contributed by atoms with Crippen molar-refractivity contribution in [3.63, 3.8) is 0 Å². The Hall–Kier alpha value is -1.10. The SMILES string of the molecule is CNC(=O)CCC[C@@H]1[C@H]2CCCN3CCC[C@@H](CN1C(=O)C1CCCCC1)[C@@H]23. The summed E-state index contributed by atoms with van der Waals surface area (Å²) in [5, 5.41) is 2.75. The quantitative estimate of drug-likeness (QED) is 0.786. The summed E-state index contributed by atoms with van der Waals surface area (Å²) < 4.78 is 0. The Kier molecular flexibility index (Phi) is 6.59. The van der Waals surface area contributed by atoms with Crippen molar-refractivity contribution in [2.45, 2.75) is 89.1 Å². The van der Waals surface area contributed by atoms with E-state index in [1.165, 1.54) is 58.0 Å². The van der Waals surface area contributed by atoms with Crippen LogP contribution in [0, 0.1) is 17.8 Å². The molecule has 158 valence electrons. The molecule has 1 saturated carbocycles. The minimum atomic E-state index is 0.127. The second kappa shape index (κ2) is 9.15. The summed E-state index contributed by atoms with van der Waals surface area (Å²) >= 11 is 0. The van der Waals surface area contributed by atoms with Crippen LogP contribution >= 0.6 is 0 Å². The Balaban J connectivity index is 1.52. The molecule has 28 heavy (non-hydrogen) atoms. The molecule has 0 spiro atoms. The lowest BCUT2D eigenvalue weighted by Crippen LogP contribution is -2.66. The normalized spacial score (nSPS) is 34.0. The van der Waals surface area contributed by atoms with Crippen molar-refractivity contribution >= 4 is 11.8 Å². The third-order valence-corrected chi connectivity index (χ3v) is 8.09. The van der Waals surface area contributed by atoms with Crippen LogP contribution < -0.4 is 5.32 Å². The van der Waals surface area contributed by atoms with E-state index in [4.69, 9.17) is 0 Å². The number of nitrogens with zero attached hydrogens (tertiary/aromatic N) is 2. The lowest BCUT2D eigenvalue weighted by Gasteiger charge is -2.58. The standard InChI is InChI=1S/C23H39N3O2/c1-24-21(27)13-5-12-20-19-11-7-15-25-14-6-10-18(22(19)25)16-26(20)23(28)17-8-3-2-4-9-17/h17-20,22H,2-16H2,1H3,(H,24,27)/t18-,19+,20+,22-/m0/s1. The predicted molar refractivity (Wildman–Crippen MR) is 111 cm³/mol. The Labute approximate surface area is 170 Å². The van der Waals surface area contributed by atoms with E-state index in [0.717, 1.165) is 32.2 Å². The van der Waals surface area contributed by atoms with E-state index in [0.29, 0.717) is 36.2 Å². The third kappa shape index (κ3) is 4.10. The summed E-state index contributed by atoms with van der Waals surface area (Å²) in [5.41, 5.74) is 0. The zero-order valence-corrected chi connectivity index (χ0v) is 17.7. The number of nitrogens with one attached hydrogen (secondary N) is 1. The second-order valence-corrected chi connectivity index (χ2v) is 9.69. The molecule has 0 aromatic heterocycles. The second-order valence-electron chi connectivity index (χ2n) is 9.69. The fraction of sp³-hybridized carbons (Fsp3) is 0.913. The van der Waals surface area contributed by atoms with E-state index in [-0.39, 0.29) is 11.8 Å². The molecule has 0 radical (unpaired) electrons. The molecule has 1 aliphatic carbocycles. The highest BCUT2D eigenvalue weighted by Crippen LogP contribution is 2.44. The van der Waals surface area contributed by atoms with Crippen molar-refractivity contribution in [1.82, 2.24) is 15.1 Å². The van der Waals surface area contributed by atoms with Crippen LogP contribution in [0.4, 0.5) is 0 Å². The van der Waals surface area contributed by atoms with Crippen LogP contribution in [0.2, 0.25) is 0 Å². The molecule has 2 amide bonds. The summed E-state index contributed by atoms with van der Waals surface area (Å²) in [7, 11) is 1.72. The number of piperidine rings is 3. The fourth-order valence-electron chi connectivity index (χ4n) is 6.80. The maximum atomic E-state index is 13.6. The highest BCUT2D eigenvalue weighted by Gasteiger charge is 2.50. The van der Waals surface area contributed by atoms with Crippen LogP contribution in [0.1, 0.15) is 77.0 Å². The molecule has 4 aliphatic rings. The van der Waals surface area contributed by atoms with Gasteiger partial charge in [-0.15, -0.1) is 0 Å². The van der Waals surface area contributed by atoms with Crippen LogP contribution in [0.15, 0.2) is 0 Å². The van der Waals surface area contributed by atoms with Gasteiger partial charge in [0, 0.05) is 38.0 Å². The van der Waals surface area contributed by atoms with Gasteiger partial charge in [0.1, 0.15) is 0 Å². The molecular formula is C23H39N3O2. The first-order valence-electron chi connectivity index (χ1n) is 11.9. The largest absolute Gasteiger partial charge is 0.359 e. The molecular weight excluding hydrogens is 350 g/mol. The lowest BCUT2D eigenvalue weighted by atomic mass is 9.68. The first-order chi connectivity index (χ1) is 13.7. The highest BCUT2D eigenvalue weighted by molar-refractivity contribution is 5.79. The van der Waals surface area contributed by atoms with Gasteiger partial charge in [-0.25, -0.2) is 0 Å². The molecule has 0 unspecified atom stereocenters. The minimum Gasteiger partial charge on any atom is -0.359 e. The Bertz CT molecular complexity index is 558. The maximum Gasteiger partial charge on any atom is 0.225 e. The van der Waals surface area contributed by atoms with Gasteiger partial charge in [-0.3, -0.25) is 14.5 Å². The van der Waals surface area contributed by atoms with E-state index < -0.39 is 0 Å². The van der Waals surface area contributed by atoms with Crippen molar-refractivity contribution in [3.8, 4) is 0 Å². The summed E-state index contributed by atoms with van der Waals surface area (Å²) in [6, 6.07) is 1.03. The predicted octanol–water partition coefficient (Wildman–Crippen LogP) is 3.18. The van der Waals surface area contributed by atoms with Crippen molar-refractivity contribution in [2.75, 3.05) is 26.7 Å².